The van der Waals surface area contributed by atoms with Crippen molar-refractivity contribution < 1.29 is 14.6 Å². The SMILES string of the molecule is COC(=O)NC1CC(CCCO)CN(C2CC2)C1. The number of piperidine rings is 1. The summed E-state index contributed by atoms with van der Waals surface area (Å²) in [5, 5.41) is 11.9. The molecular formula is C13H24N2O3. The Morgan fingerprint density at radius 3 is 2.83 bits per heavy atom. The number of carbonyl (C=O) groups is 1. The molecule has 2 rings (SSSR count). The van der Waals surface area contributed by atoms with Gasteiger partial charge >= 0.3 is 6.09 Å². The molecule has 1 amide bonds. The van der Waals surface area contributed by atoms with Gasteiger partial charge in [-0.2, -0.15) is 0 Å². The lowest BCUT2D eigenvalue weighted by Gasteiger charge is -2.38. The Morgan fingerprint density at radius 1 is 1.44 bits per heavy atom. The molecule has 0 spiro atoms. The second-order valence-electron chi connectivity index (χ2n) is 5.49. The molecule has 2 N–H and O–H groups in total. The minimum absolute atomic E-state index is 0.190. The Labute approximate surface area is 108 Å². The minimum Gasteiger partial charge on any atom is -0.453 e. The van der Waals surface area contributed by atoms with Gasteiger partial charge < -0.3 is 15.2 Å². The highest BCUT2D eigenvalue weighted by molar-refractivity contribution is 5.67. The van der Waals surface area contributed by atoms with Crippen molar-refractivity contribution in [2.45, 2.75) is 44.2 Å². The van der Waals surface area contributed by atoms with Crippen LogP contribution in [0.4, 0.5) is 4.79 Å². The summed E-state index contributed by atoms with van der Waals surface area (Å²) in [7, 11) is 1.40. The number of carbonyl (C=O) groups excluding carboxylic acids is 1. The van der Waals surface area contributed by atoms with Crippen LogP contribution in [0, 0.1) is 5.92 Å². The lowest BCUT2D eigenvalue weighted by Crippen LogP contribution is -2.51. The summed E-state index contributed by atoms with van der Waals surface area (Å²) in [4.78, 5) is 13.8. The molecule has 0 radical (unpaired) electrons. The van der Waals surface area contributed by atoms with Crippen LogP contribution in [0.1, 0.15) is 32.1 Å². The van der Waals surface area contributed by atoms with Crippen LogP contribution in [0.25, 0.3) is 0 Å². The number of amides is 1. The highest BCUT2D eigenvalue weighted by Crippen LogP contribution is 2.32. The fourth-order valence-corrected chi connectivity index (χ4v) is 2.90. The van der Waals surface area contributed by atoms with E-state index in [4.69, 9.17) is 5.11 Å². The maximum atomic E-state index is 11.3. The van der Waals surface area contributed by atoms with Gasteiger partial charge in [-0.25, -0.2) is 4.79 Å². The molecule has 1 saturated carbocycles. The van der Waals surface area contributed by atoms with Crippen LogP contribution in [0.15, 0.2) is 0 Å². The number of hydrogen-bond donors (Lipinski definition) is 2. The van der Waals surface area contributed by atoms with E-state index in [-0.39, 0.29) is 18.7 Å². The van der Waals surface area contributed by atoms with Crippen molar-refractivity contribution in [3.8, 4) is 0 Å². The fourth-order valence-electron chi connectivity index (χ4n) is 2.90. The maximum absolute atomic E-state index is 11.3. The predicted octanol–water partition coefficient (Wildman–Crippen LogP) is 0.968. The first-order valence-electron chi connectivity index (χ1n) is 6.92. The summed E-state index contributed by atoms with van der Waals surface area (Å²) in [5.41, 5.74) is 0. The highest BCUT2D eigenvalue weighted by atomic mass is 16.5. The molecule has 0 bridgehead atoms. The number of aliphatic hydroxyl groups is 1. The number of nitrogens with zero attached hydrogens (tertiary/aromatic N) is 1. The van der Waals surface area contributed by atoms with Crippen LogP contribution in [-0.2, 0) is 4.74 Å². The van der Waals surface area contributed by atoms with E-state index < -0.39 is 0 Å². The van der Waals surface area contributed by atoms with Crippen molar-refractivity contribution in [1.82, 2.24) is 10.2 Å². The second kappa shape index (κ2) is 6.38. The molecule has 2 aliphatic rings. The molecule has 0 aromatic heterocycles. The van der Waals surface area contributed by atoms with E-state index in [0.29, 0.717) is 5.92 Å². The van der Waals surface area contributed by atoms with E-state index in [2.05, 4.69) is 15.0 Å². The summed E-state index contributed by atoms with van der Waals surface area (Å²) in [5.74, 6) is 0.577. The number of alkyl carbamates (subject to hydrolysis) is 1. The first-order valence-corrected chi connectivity index (χ1v) is 6.92. The number of aliphatic hydroxyl groups excluding tert-OH is 1. The number of methoxy groups -OCH3 is 1. The van der Waals surface area contributed by atoms with Gasteiger partial charge in [0.05, 0.1) is 7.11 Å². The number of hydrogen-bond acceptors (Lipinski definition) is 4. The Kier molecular flexibility index (Phi) is 4.83. The topological polar surface area (TPSA) is 61.8 Å². The molecule has 1 aliphatic heterocycles. The highest BCUT2D eigenvalue weighted by Gasteiger charge is 2.36. The lowest BCUT2D eigenvalue weighted by molar-refractivity contribution is 0.113. The average molecular weight is 256 g/mol. The van der Waals surface area contributed by atoms with Crippen molar-refractivity contribution in [2.75, 3.05) is 26.8 Å². The van der Waals surface area contributed by atoms with Crippen molar-refractivity contribution in [1.29, 1.82) is 0 Å². The molecule has 1 heterocycles. The van der Waals surface area contributed by atoms with E-state index in [0.717, 1.165) is 38.4 Å². The molecule has 5 nitrogen and oxygen atoms in total. The van der Waals surface area contributed by atoms with Crippen LogP contribution >= 0.6 is 0 Å². The van der Waals surface area contributed by atoms with Crippen LogP contribution in [0.2, 0.25) is 0 Å². The minimum atomic E-state index is -0.335. The van der Waals surface area contributed by atoms with Gasteiger partial charge in [0.1, 0.15) is 0 Å². The number of likely N-dealkylation sites (tertiary alicyclic amines) is 1. The second-order valence-corrected chi connectivity index (χ2v) is 5.49. The van der Waals surface area contributed by atoms with Crippen molar-refractivity contribution in [3.05, 3.63) is 0 Å². The zero-order chi connectivity index (χ0) is 13.0. The van der Waals surface area contributed by atoms with Crippen molar-refractivity contribution in [2.24, 2.45) is 5.92 Å². The van der Waals surface area contributed by atoms with E-state index in [1.165, 1.54) is 20.0 Å². The van der Waals surface area contributed by atoms with Crippen LogP contribution in [-0.4, -0.2) is 55.0 Å². The molecule has 2 unspecified atom stereocenters. The summed E-state index contributed by atoms with van der Waals surface area (Å²) in [6.07, 6.45) is 5.14. The molecular weight excluding hydrogens is 232 g/mol. The number of ether oxygens (including phenoxy) is 1. The van der Waals surface area contributed by atoms with Crippen LogP contribution in [0.5, 0.6) is 0 Å². The van der Waals surface area contributed by atoms with Gasteiger partial charge in [-0.1, -0.05) is 0 Å². The summed E-state index contributed by atoms with van der Waals surface area (Å²) < 4.78 is 4.67. The molecule has 0 aromatic rings. The zero-order valence-corrected chi connectivity index (χ0v) is 11.1. The zero-order valence-electron chi connectivity index (χ0n) is 11.1. The summed E-state index contributed by atoms with van der Waals surface area (Å²) >= 11 is 0. The van der Waals surface area contributed by atoms with E-state index in [1.54, 1.807) is 0 Å². The van der Waals surface area contributed by atoms with Crippen molar-refractivity contribution >= 4 is 6.09 Å². The summed E-state index contributed by atoms with van der Waals surface area (Å²) in [6.45, 7) is 2.31. The Morgan fingerprint density at radius 2 is 2.22 bits per heavy atom. The maximum Gasteiger partial charge on any atom is 0.407 e. The summed E-state index contributed by atoms with van der Waals surface area (Å²) in [6, 6.07) is 0.916. The van der Waals surface area contributed by atoms with Gasteiger partial charge in [-0.3, -0.25) is 4.90 Å². The van der Waals surface area contributed by atoms with Crippen LogP contribution < -0.4 is 5.32 Å². The Hall–Kier alpha value is -0.810. The molecule has 104 valence electrons. The van der Waals surface area contributed by atoms with Crippen LogP contribution in [0.3, 0.4) is 0 Å². The van der Waals surface area contributed by atoms with Gasteiger partial charge in [0.2, 0.25) is 0 Å². The van der Waals surface area contributed by atoms with Gasteiger partial charge in [-0.15, -0.1) is 0 Å². The van der Waals surface area contributed by atoms with Gasteiger partial charge in [0.25, 0.3) is 0 Å². The van der Waals surface area contributed by atoms with Gasteiger partial charge in [0.15, 0.2) is 0 Å². The monoisotopic (exact) mass is 256 g/mol. The molecule has 5 heteroatoms. The predicted molar refractivity (Wildman–Crippen MR) is 68.4 cm³/mol. The third kappa shape index (κ3) is 3.85. The van der Waals surface area contributed by atoms with E-state index in [1.807, 2.05) is 0 Å². The smallest absolute Gasteiger partial charge is 0.407 e. The fraction of sp³-hybridized carbons (Fsp3) is 0.923. The van der Waals surface area contributed by atoms with E-state index in [9.17, 15) is 4.79 Å². The average Bonchev–Trinajstić information content (AvgIpc) is 3.20. The number of rotatable bonds is 5. The van der Waals surface area contributed by atoms with E-state index >= 15 is 0 Å². The molecule has 1 aliphatic carbocycles. The quantitative estimate of drug-likeness (QED) is 0.769. The lowest BCUT2D eigenvalue weighted by atomic mass is 9.90. The van der Waals surface area contributed by atoms with Crippen molar-refractivity contribution in [3.63, 3.8) is 0 Å². The first-order chi connectivity index (χ1) is 8.72. The standard InChI is InChI=1S/C13H24N2O3/c1-18-13(17)14-11-7-10(3-2-6-16)8-15(9-11)12-4-5-12/h10-12,16H,2-9H2,1H3,(H,14,17). The third-order valence-electron chi connectivity index (χ3n) is 3.91. The molecule has 2 atom stereocenters. The van der Waals surface area contributed by atoms with Gasteiger partial charge in [-0.05, 0) is 38.0 Å². The Bertz CT molecular complexity index is 281. The molecule has 18 heavy (non-hydrogen) atoms. The normalized spacial score (nSPS) is 29.0. The first kappa shape index (κ1) is 13.6. The molecule has 0 aromatic carbocycles. The number of nitrogens with one attached hydrogen (secondary N) is 1. The van der Waals surface area contributed by atoms with Gasteiger partial charge in [0, 0.05) is 31.8 Å². The molecule has 2 fully saturated rings. The molecule has 1 saturated heterocycles. The largest absolute Gasteiger partial charge is 0.453 e. The Balaban J connectivity index is 1.86. The third-order valence-corrected chi connectivity index (χ3v) is 3.91.